The molecule has 5 nitrogen and oxygen atoms in total. The van der Waals surface area contributed by atoms with Crippen LogP contribution in [0.25, 0.3) is 0 Å². The molecular formula is C17H21N3O2. The zero-order chi connectivity index (χ0) is 16.1. The number of carbonyl (C=O) groups excluding carboxylic acids is 1. The third kappa shape index (κ3) is 3.97. The largest absolute Gasteiger partial charge is 0.481 e. The van der Waals surface area contributed by atoms with E-state index in [1.807, 2.05) is 45.0 Å². The maximum Gasteiger partial charge on any atom is 0.246 e. The molecule has 1 unspecified atom stereocenters. The summed E-state index contributed by atoms with van der Waals surface area (Å²) in [6, 6.07) is 9.18. The molecule has 0 aliphatic heterocycles. The maximum atomic E-state index is 12.3. The third-order valence-corrected chi connectivity index (χ3v) is 3.37. The molecule has 22 heavy (non-hydrogen) atoms. The number of anilines is 2. The van der Waals surface area contributed by atoms with E-state index in [9.17, 15) is 4.79 Å². The number of nitrogens with one attached hydrogen (secondary N) is 2. The van der Waals surface area contributed by atoms with Crippen LogP contribution in [0, 0.1) is 13.8 Å². The van der Waals surface area contributed by atoms with Crippen molar-refractivity contribution in [2.45, 2.75) is 26.8 Å². The fraction of sp³-hybridized carbons (Fsp3) is 0.294. The number of pyridine rings is 1. The van der Waals surface area contributed by atoms with Crippen LogP contribution in [0.1, 0.15) is 18.1 Å². The summed E-state index contributed by atoms with van der Waals surface area (Å²) in [6.07, 6.45) is 1.64. The molecule has 1 atom stereocenters. The molecule has 1 aromatic heterocycles. The molecule has 5 heteroatoms. The zero-order valence-electron chi connectivity index (χ0n) is 13.3. The third-order valence-electron chi connectivity index (χ3n) is 3.37. The van der Waals surface area contributed by atoms with Gasteiger partial charge in [0, 0.05) is 11.8 Å². The summed E-state index contributed by atoms with van der Waals surface area (Å²) in [7, 11) is 1.57. The van der Waals surface area contributed by atoms with E-state index in [4.69, 9.17) is 4.74 Å². The molecule has 0 radical (unpaired) electrons. The zero-order valence-corrected chi connectivity index (χ0v) is 13.3. The van der Waals surface area contributed by atoms with Gasteiger partial charge < -0.3 is 15.4 Å². The van der Waals surface area contributed by atoms with Crippen LogP contribution < -0.4 is 15.4 Å². The molecule has 2 N–H and O–H groups in total. The molecule has 0 aliphatic carbocycles. The number of ether oxygens (including phenoxy) is 1. The Morgan fingerprint density at radius 1 is 1.23 bits per heavy atom. The van der Waals surface area contributed by atoms with Crippen LogP contribution in [0.4, 0.5) is 11.4 Å². The summed E-state index contributed by atoms with van der Waals surface area (Å²) in [6.45, 7) is 5.78. The molecular weight excluding hydrogens is 278 g/mol. The average Bonchev–Trinajstić information content (AvgIpc) is 2.51. The van der Waals surface area contributed by atoms with Gasteiger partial charge in [-0.1, -0.05) is 12.1 Å². The van der Waals surface area contributed by atoms with Gasteiger partial charge >= 0.3 is 0 Å². The van der Waals surface area contributed by atoms with Gasteiger partial charge in [-0.3, -0.25) is 4.79 Å². The van der Waals surface area contributed by atoms with Crippen LogP contribution in [-0.2, 0) is 4.79 Å². The first-order valence-corrected chi connectivity index (χ1v) is 7.14. The molecule has 0 spiro atoms. The van der Waals surface area contributed by atoms with Gasteiger partial charge in [0.1, 0.15) is 6.04 Å². The van der Waals surface area contributed by atoms with Gasteiger partial charge in [0.15, 0.2) is 0 Å². The van der Waals surface area contributed by atoms with Crippen molar-refractivity contribution >= 4 is 17.3 Å². The Balaban J connectivity index is 2.00. The molecule has 1 aromatic carbocycles. The molecule has 0 bridgehead atoms. The van der Waals surface area contributed by atoms with Crippen LogP contribution in [0.3, 0.4) is 0 Å². The van der Waals surface area contributed by atoms with E-state index >= 15 is 0 Å². The summed E-state index contributed by atoms with van der Waals surface area (Å²) in [4.78, 5) is 16.4. The van der Waals surface area contributed by atoms with E-state index in [1.165, 1.54) is 0 Å². The summed E-state index contributed by atoms with van der Waals surface area (Å²) in [5.74, 6) is 0.447. The minimum atomic E-state index is -0.380. The first-order valence-electron chi connectivity index (χ1n) is 7.14. The first-order chi connectivity index (χ1) is 10.5. The number of aryl methyl sites for hydroxylation is 2. The first kappa shape index (κ1) is 15.8. The van der Waals surface area contributed by atoms with Gasteiger partial charge in [0.2, 0.25) is 11.8 Å². The second kappa shape index (κ2) is 6.93. The number of methoxy groups -OCH3 is 1. The lowest BCUT2D eigenvalue weighted by Gasteiger charge is -2.16. The second-order valence-corrected chi connectivity index (χ2v) is 5.26. The Morgan fingerprint density at radius 3 is 2.64 bits per heavy atom. The summed E-state index contributed by atoms with van der Waals surface area (Å²) in [5.41, 5.74) is 3.76. The predicted molar refractivity (Wildman–Crippen MR) is 88.4 cm³/mol. The highest BCUT2D eigenvalue weighted by atomic mass is 16.5. The molecule has 0 saturated heterocycles. The van der Waals surface area contributed by atoms with Crippen molar-refractivity contribution in [1.82, 2.24) is 4.98 Å². The summed E-state index contributed by atoms with van der Waals surface area (Å²) in [5, 5.41) is 6.06. The molecule has 1 amide bonds. The monoisotopic (exact) mass is 299 g/mol. The number of carbonyl (C=O) groups is 1. The lowest BCUT2D eigenvalue weighted by atomic mass is 10.1. The fourth-order valence-electron chi connectivity index (χ4n) is 2.01. The average molecular weight is 299 g/mol. The Kier molecular flexibility index (Phi) is 4.99. The highest BCUT2D eigenvalue weighted by molar-refractivity contribution is 5.96. The molecule has 0 saturated carbocycles. The molecule has 0 fully saturated rings. The Bertz CT molecular complexity index is 653. The fourth-order valence-corrected chi connectivity index (χ4v) is 2.01. The number of rotatable bonds is 5. The normalized spacial score (nSPS) is 11.6. The molecule has 1 heterocycles. The topological polar surface area (TPSA) is 63.2 Å². The van der Waals surface area contributed by atoms with Crippen molar-refractivity contribution in [3.8, 4) is 5.88 Å². The van der Waals surface area contributed by atoms with Crippen molar-refractivity contribution < 1.29 is 9.53 Å². The number of hydrogen-bond acceptors (Lipinski definition) is 4. The van der Waals surface area contributed by atoms with Crippen molar-refractivity contribution in [2.24, 2.45) is 0 Å². The van der Waals surface area contributed by atoms with E-state index in [-0.39, 0.29) is 11.9 Å². The quantitative estimate of drug-likeness (QED) is 0.890. The van der Waals surface area contributed by atoms with E-state index in [1.54, 1.807) is 19.4 Å². The Hall–Kier alpha value is -2.56. The van der Waals surface area contributed by atoms with E-state index in [2.05, 4.69) is 15.6 Å². The van der Waals surface area contributed by atoms with Crippen molar-refractivity contribution in [3.05, 3.63) is 47.7 Å². The van der Waals surface area contributed by atoms with Crippen molar-refractivity contribution in [1.29, 1.82) is 0 Å². The van der Waals surface area contributed by atoms with E-state index in [0.29, 0.717) is 5.88 Å². The minimum Gasteiger partial charge on any atom is -0.481 e. The standard InChI is InChI=1S/C17H21N3O2/c1-11-5-6-12(2)15(9-11)20-17(21)13(3)19-14-7-8-16(22-4)18-10-14/h5-10,13,19H,1-4H3,(H,20,21). The lowest BCUT2D eigenvalue weighted by Crippen LogP contribution is -2.32. The highest BCUT2D eigenvalue weighted by Gasteiger charge is 2.14. The van der Waals surface area contributed by atoms with Gasteiger partial charge in [-0.05, 0) is 44.0 Å². The van der Waals surface area contributed by atoms with Gasteiger partial charge in [0.25, 0.3) is 0 Å². The minimum absolute atomic E-state index is 0.0930. The van der Waals surface area contributed by atoms with Crippen LogP contribution in [0.2, 0.25) is 0 Å². The van der Waals surface area contributed by atoms with Crippen LogP contribution in [-0.4, -0.2) is 24.0 Å². The summed E-state index contributed by atoms with van der Waals surface area (Å²) < 4.78 is 5.01. The second-order valence-electron chi connectivity index (χ2n) is 5.26. The van der Waals surface area contributed by atoms with Gasteiger partial charge in [-0.15, -0.1) is 0 Å². The maximum absolute atomic E-state index is 12.3. The molecule has 2 aromatic rings. The number of nitrogens with zero attached hydrogens (tertiary/aromatic N) is 1. The van der Waals surface area contributed by atoms with Crippen LogP contribution in [0.15, 0.2) is 36.5 Å². The van der Waals surface area contributed by atoms with Crippen molar-refractivity contribution in [2.75, 3.05) is 17.7 Å². The Morgan fingerprint density at radius 2 is 2.00 bits per heavy atom. The molecule has 2 rings (SSSR count). The number of aromatic nitrogens is 1. The van der Waals surface area contributed by atoms with Gasteiger partial charge in [0.05, 0.1) is 19.0 Å². The van der Waals surface area contributed by atoms with Gasteiger partial charge in [-0.25, -0.2) is 4.98 Å². The summed E-state index contributed by atoms with van der Waals surface area (Å²) >= 11 is 0. The van der Waals surface area contributed by atoms with Crippen LogP contribution in [0.5, 0.6) is 5.88 Å². The molecule has 116 valence electrons. The Labute approximate surface area is 130 Å². The van der Waals surface area contributed by atoms with E-state index in [0.717, 1.165) is 22.5 Å². The molecule has 0 aliphatic rings. The number of hydrogen-bond donors (Lipinski definition) is 2. The lowest BCUT2D eigenvalue weighted by molar-refractivity contribution is -0.116. The number of amides is 1. The number of benzene rings is 1. The van der Waals surface area contributed by atoms with Gasteiger partial charge in [-0.2, -0.15) is 0 Å². The van der Waals surface area contributed by atoms with Crippen molar-refractivity contribution in [3.63, 3.8) is 0 Å². The smallest absolute Gasteiger partial charge is 0.246 e. The highest BCUT2D eigenvalue weighted by Crippen LogP contribution is 2.17. The van der Waals surface area contributed by atoms with E-state index < -0.39 is 0 Å². The SMILES string of the molecule is COc1ccc(NC(C)C(=O)Nc2cc(C)ccc2C)cn1. The van der Waals surface area contributed by atoms with Crippen LogP contribution >= 0.6 is 0 Å². The predicted octanol–water partition coefficient (Wildman–Crippen LogP) is 3.15.